The molecule has 2 unspecified atom stereocenters. The van der Waals surface area contributed by atoms with Gasteiger partial charge in [0, 0.05) is 10.8 Å². The topological polar surface area (TPSA) is 106 Å². The molecule has 1 aromatic carbocycles. The minimum atomic E-state index is -4.31. The average molecular weight is 407 g/mol. The number of aryl methyl sites for hydroxylation is 3. The van der Waals surface area contributed by atoms with Crippen molar-refractivity contribution in [3.63, 3.8) is 0 Å². The Labute approximate surface area is 165 Å². The van der Waals surface area contributed by atoms with E-state index in [0.29, 0.717) is 5.57 Å². The summed E-state index contributed by atoms with van der Waals surface area (Å²) < 4.78 is 25.9. The van der Waals surface area contributed by atoms with Gasteiger partial charge in [0.15, 0.2) is 4.87 Å². The monoisotopic (exact) mass is 406 g/mol. The molecule has 0 fully saturated rings. The van der Waals surface area contributed by atoms with E-state index < -0.39 is 37.3 Å². The lowest BCUT2D eigenvalue weighted by atomic mass is 9.89. The minimum Gasteiger partial charge on any atom is -0.333 e. The number of allylic oxidation sites excluding steroid dienone is 2. The van der Waals surface area contributed by atoms with Crippen LogP contribution in [-0.2, 0) is 21.1 Å². The molecule has 7 nitrogen and oxygen atoms in total. The number of hydrogen-bond acceptors (Lipinski definition) is 5. The zero-order chi connectivity index (χ0) is 21.3. The normalized spacial score (nSPS) is 21.9. The molecule has 0 saturated carbocycles. The van der Waals surface area contributed by atoms with Crippen molar-refractivity contribution in [1.82, 2.24) is 5.32 Å². The van der Waals surface area contributed by atoms with E-state index in [4.69, 9.17) is 0 Å². The first-order valence-corrected chi connectivity index (χ1v) is 10.6. The van der Waals surface area contributed by atoms with Crippen LogP contribution < -0.4 is 5.32 Å². The molecule has 1 amide bonds. The van der Waals surface area contributed by atoms with Crippen LogP contribution in [0.25, 0.3) is 0 Å². The predicted molar refractivity (Wildman–Crippen MR) is 108 cm³/mol. The van der Waals surface area contributed by atoms with Crippen LogP contribution in [0, 0.1) is 36.8 Å². The van der Waals surface area contributed by atoms with Crippen molar-refractivity contribution < 1.29 is 18.1 Å². The summed E-state index contributed by atoms with van der Waals surface area (Å²) in [4.78, 5) is 21.2. The molecule has 152 valence electrons. The first-order valence-electron chi connectivity index (χ1n) is 8.98. The van der Waals surface area contributed by atoms with Crippen LogP contribution in [0.5, 0.6) is 0 Å². The molecule has 0 heterocycles. The number of carbonyl (C=O) groups excluding carboxylic acids is 1. The third-order valence-electron chi connectivity index (χ3n) is 5.24. The molecule has 8 heteroatoms. The highest BCUT2D eigenvalue weighted by molar-refractivity contribution is 7.92. The number of rotatable bonds is 6. The van der Waals surface area contributed by atoms with Gasteiger partial charge in [0.25, 0.3) is 0 Å². The molecule has 2 atom stereocenters. The van der Waals surface area contributed by atoms with Gasteiger partial charge in [-0.1, -0.05) is 42.8 Å². The lowest BCUT2D eigenvalue weighted by Gasteiger charge is -2.39. The van der Waals surface area contributed by atoms with Crippen LogP contribution in [0.4, 0.5) is 0 Å². The van der Waals surface area contributed by atoms with Crippen molar-refractivity contribution in [2.45, 2.75) is 45.9 Å². The Morgan fingerprint density at radius 3 is 2.29 bits per heavy atom. The third kappa shape index (κ3) is 4.01. The summed E-state index contributed by atoms with van der Waals surface area (Å²) in [5.74, 6) is -2.39. The van der Waals surface area contributed by atoms with Gasteiger partial charge in [-0.25, -0.2) is 8.42 Å². The summed E-state index contributed by atoms with van der Waals surface area (Å²) in [7, 11) is -4.31. The number of hydrogen-bond donors (Lipinski definition) is 1. The molecular formula is C20H26N2O5S. The molecule has 1 aliphatic carbocycles. The van der Waals surface area contributed by atoms with Crippen molar-refractivity contribution in [3.8, 4) is 0 Å². The van der Waals surface area contributed by atoms with Crippen LogP contribution >= 0.6 is 0 Å². The number of nitro groups is 1. The standard InChI is InChI=1S/C20H26N2O5S/c1-13-9-14(2)18(15(3)10-13)11-19(23)21-20(28(26,27)12-22(24)25)16(4)7-6-8-17(20)5/h6-10,16H,11-12H2,1-5H3,(H,21,23). The number of amides is 1. The van der Waals surface area contributed by atoms with Gasteiger partial charge in [-0.05, 0) is 50.0 Å². The first-order chi connectivity index (χ1) is 12.9. The van der Waals surface area contributed by atoms with Crippen molar-refractivity contribution in [2.75, 3.05) is 5.88 Å². The van der Waals surface area contributed by atoms with Crippen molar-refractivity contribution in [2.24, 2.45) is 5.92 Å². The molecule has 0 aliphatic heterocycles. The number of nitrogens with zero attached hydrogens (tertiary/aromatic N) is 1. The predicted octanol–water partition coefficient (Wildman–Crippen LogP) is 2.77. The Bertz CT molecular complexity index is 955. The SMILES string of the molecule is CC1=CC=CC(C)C1(NC(=O)Cc1c(C)cc(C)cc1C)S(=O)(=O)C[N+](=O)[O-]. The summed E-state index contributed by atoms with van der Waals surface area (Å²) in [6.07, 6.45) is 4.89. The first kappa shape index (κ1) is 21.8. The van der Waals surface area contributed by atoms with Crippen LogP contribution in [0.1, 0.15) is 36.1 Å². The molecule has 1 N–H and O–H groups in total. The van der Waals surface area contributed by atoms with Gasteiger partial charge in [-0.3, -0.25) is 14.9 Å². The molecule has 2 rings (SSSR count). The van der Waals surface area contributed by atoms with E-state index in [-0.39, 0.29) is 6.42 Å². The highest BCUT2D eigenvalue weighted by Crippen LogP contribution is 2.36. The van der Waals surface area contributed by atoms with Crippen LogP contribution in [0.2, 0.25) is 0 Å². The van der Waals surface area contributed by atoms with Gasteiger partial charge in [-0.15, -0.1) is 0 Å². The Balaban J connectivity index is 2.45. The molecule has 0 saturated heterocycles. The van der Waals surface area contributed by atoms with Gasteiger partial charge in [0.2, 0.25) is 15.7 Å². The van der Waals surface area contributed by atoms with E-state index in [9.17, 15) is 23.3 Å². The largest absolute Gasteiger partial charge is 0.333 e. The second-order valence-electron chi connectivity index (χ2n) is 7.44. The maximum Gasteiger partial charge on any atom is 0.304 e. The number of sulfone groups is 1. The Morgan fingerprint density at radius 2 is 1.79 bits per heavy atom. The van der Waals surface area contributed by atoms with Crippen LogP contribution in [0.15, 0.2) is 35.9 Å². The fraction of sp³-hybridized carbons (Fsp3) is 0.450. The second-order valence-corrected chi connectivity index (χ2v) is 9.57. The summed E-state index contributed by atoms with van der Waals surface area (Å²) in [5, 5.41) is 13.6. The number of benzene rings is 1. The molecule has 1 aliphatic rings. The van der Waals surface area contributed by atoms with Gasteiger partial charge in [-0.2, -0.15) is 0 Å². The maximum absolute atomic E-state index is 13.0. The lowest BCUT2D eigenvalue weighted by molar-refractivity contribution is -0.458. The highest BCUT2D eigenvalue weighted by atomic mass is 32.2. The van der Waals surface area contributed by atoms with Gasteiger partial charge < -0.3 is 5.32 Å². The summed E-state index contributed by atoms with van der Waals surface area (Å²) >= 11 is 0. The summed E-state index contributed by atoms with van der Waals surface area (Å²) in [6.45, 7) is 8.97. The number of carbonyl (C=O) groups is 1. The fourth-order valence-corrected chi connectivity index (χ4v) is 5.90. The Hall–Kier alpha value is -2.48. The van der Waals surface area contributed by atoms with Crippen LogP contribution in [0.3, 0.4) is 0 Å². The van der Waals surface area contributed by atoms with Crippen LogP contribution in [-0.4, -0.2) is 30.0 Å². The smallest absolute Gasteiger partial charge is 0.304 e. The third-order valence-corrected chi connectivity index (χ3v) is 7.57. The molecule has 0 radical (unpaired) electrons. The van der Waals surface area contributed by atoms with Gasteiger partial charge in [0.1, 0.15) is 0 Å². The van der Waals surface area contributed by atoms with Crippen molar-refractivity contribution in [1.29, 1.82) is 0 Å². The number of nitrogens with one attached hydrogen (secondary N) is 1. The molecule has 0 spiro atoms. The summed E-state index contributed by atoms with van der Waals surface area (Å²) in [6, 6.07) is 3.93. The Morgan fingerprint density at radius 1 is 1.21 bits per heavy atom. The van der Waals surface area contributed by atoms with Crippen molar-refractivity contribution >= 4 is 15.7 Å². The second kappa shape index (κ2) is 7.87. The van der Waals surface area contributed by atoms with E-state index in [1.54, 1.807) is 32.1 Å². The van der Waals surface area contributed by atoms with Crippen molar-refractivity contribution in [3.05, 3.63) is 68.3 Å². The van der Waals surface area contributed by atoms with E-state index >= 15 is 0 Å². The molecular weight excluding hydrogens is 380 g/mol. The molecule has 28 heavy (non-hydrogen) atoms. The zero-order valence-electron chi connectivity index (χ0n) is 16.8. The van der Waals surface area contributed by atoms with E-state index in [1.165, 1.54) is 0 Å². The zero-order valence-corrected chi connectivity index (χ0v) is 17.6. The lowest BCUT2D eigenvalue weighted by Crippen LogP contribution is -2.61. The average Bonchev–Trinajstić information content (AvgIpc) is 2.53. The quantitative estimate of drug-likeness (QED) is 0.577. The minimum absolute atomic E-state index is 0.00258. The Kier molecular flexibility index (Phi) is 6.13. The van der Waals surface area contributed by atoms with E-state index in [2.05, 4.69) is 5.32 Å². The van der Waals surface area contributed by atoms with Gasteiger partial charge >= 0.3 is 5.88 Å². The molecule has 0 aromatic heterocycles. The fourth-order valence-electron chi connectivity index (χ4n) is 3.94. The van der Waals surface area contributed by atoms with E-state index in [1.807, 2.05) is 32.9 Å². The highest BCUT2D eigenvalue weighted by Gasteiger charge is 2.53. The molecule has 1 aromatic rings. The summed E-state index contributed by atoms with van der Waals surface area (Å²) in [5.41, 5.74) is 4.15. The van der Waals surface area contributed by atoms with Gasteiger partial charge in [0.05, 0.1) is 6.42 Å². The van der Waals surface area contributed by atoms with E-state index in [0.717, 1.165) is 22.3 Å². The maximum atomic E-state index is 13.0. The molecule has 0 bridgehead atoms.